The highest BCUT2D eigenvalue weighted by Crippen LogP contribution is 2.40. The van der Waals surface area contributed by atoms with Crippen LogP contribution in [-0.4, -0.2) is 71.4 Å². The highest BCUT2D eigenvalue weighted by atomic mass is 32.2. The van der Waals surface area contributed by atoms with Gasteiger partial charge in [0.15, 0.2) is 5.75 Å². The first-order valence-electron chi connectivity index (χ1n) is 12.2. The van der Waals surface area contributed by atoms with Crippen LogP contribution in [0.2, 0.25) is 0 Å². The van der Waals surface area contributed by atoms with Gasteiger partial charge in [-0.3, -0.25) is 4.79 Å². The summed E-state index contributed by atoms with van der Waals surface area (Å²) in [6, 6.07) is 12.1. The third kappa shape index (κ3) is 8.52. The quantitative estimate of drug-likeness (QED) is 0.415. The maximum Gasteiger partial charge on any atom is 0.253 e. The van der Waals surface area contributed by atoms with Crippen LogP contribution in [-0.2, 0) is 10.0 Å². The first-order chi connectivity index (χ1) is 16.6. The van der Waals surface area contributed by atoms with Crippen molar-refractivity contribution in [2.24, 2.45) is 5.14 Å². The number of likely N-dealkylation sites (N-methyl/N-ethyl adjacent to an activating group) is 2. The van der Waals surface area contributed by atoms with Gasteiger partial charge in [0.2, 0.25) is 10.0 Å². The molecule has 0 unspecified atom stereocenters. The van der Waals surface area contributed by atoms with E-state index in [1.807, 2.05) is 37.2 Å². The van der Waals surface area contributed by atoms with Gasteiger partial charge in [-0.15, -0.1) is 0 Å². The fourth-order valence-corrected chi connectivity index (χ4v) is 4.28. The highest BCUT2D eigenvalue weighted by molar-refractivity contribution is 7.89. The monoisotopic (exact) mass is 504 g/mol. The zero-order valence-electron chi connectivity index (χ0n) is 21.7. The Morgan fingerprint density at radius 3 is 2.03 bits per heavy atom. The summed E-state index contributed by atoms with van der Waals surface area (Å²) in [6.07, 6.45) is 3.79. The number of sulfonamides is 1. The summed E-state index contributed by atoms with van der Waals surface area (Å²) in [5.74, 6) is 0.375. The number of para-hydroxylation sites is 1. The lowest BCUT2D eigenvalue weighted by Gasteiger charge is -2.29. The third-order valence-electron chi connectivity index (χ3n) is 5.69. The van der Waals surface area contributed by atoms with E-state index in [1.54, 1.807) is 30.1 Å². The molecule has 1 amide bonds. The maximum atomic E-state index is 13.3. The number of carbonyl (C=O) groups excluding carboxylic acids is 1. The molecular formula is C26H40N4O4S. The molecule has 35 heavy (non-hydrogen) atoms. The molecule has 0 saturated carbocycles. The zero-order chi connectivity index (χ0) is 26.0. The van der Waals surface area contributed by atoms with Crippen LogP contribution in [0, 0.1) is 0 Å². The summed E-state index contributed by atoms with van der Waals surface area (Å²) in [4.78, 5) is 18.8. The Bertz CT molecular complexity index is 1050. The number of amides is 1. The van der Waals surface area contributed by atoms with E-state index in [1.165, 1.54) is 6.07 Å². The van der Waals surface area contributed by atoms with E-state index in [-0.39, 0.29) is 22.1 Å². The van der Waals surface area contributed by atoms with E-state index in [0.717, 1.165) is 25.7 Å². The van der Waals surface area contributed by atoms with Crippen molar-refractivity contribution < 1.29 is 17.9 Å². The second kappa shape index (κ2) is 13.5. The number of unbranched alkanes of at least 4 members (excludes halogenated alkanes) is 2. The fourth-order valence-electron chi connectivity index (χ4n) is 3.59. The molecule has 0 aliphatic rings. The average Bonchev–Trinajstić information content (AvgIpc) is 2.82. The van der Waals surface area contributed by atoms with Gasteiger partial charge in [-0.05, 0) is 51.2 Å². The molecule has 0 radical (unpaired) electrons. The van der Waals surface area contributed by atoms with E-state index < -0.39 is 10.0 Å². The molecule has 2 rings (SSSR count). The molecule has 2 aromatic rings. The Morgan fingerprint density at radius 2 is 1.51 bits per heavy atom. The number of carbonyl (C=O) groups is 1. The fraction of sp³-hybridized carbons (Fsp3) is 0.500. The van der Waals surface area contributed by atoms with E-state index in [9.17, 15) is 13.2 Å². The largest absolute Gasteiger partial charge is 0.454 e. The van der Waals surface area contributed by atoms with Crippen LogP contribution in [0.3, 0.4) is 0 Å². The number of nitrogens with zero attached hydrogens (tertiary/aromatic N) is 3. The van der Waals surface area contributed by atoms with Crippen LogP contribution >= 0.6 is 0 Å². The van der Waals surface area contributed by atoms with Crippen molar-refractivity contribution in [2.75, 3.05) is 52.2 Å². The van der Waals surface area contributed by atoms with E-state index in [2.05, 4.69) is 18.7 Å². The van der Waals surface area contributed by atoms with Gasteiger partial charge in [0.25, 0.3) is 5.91 Å². The molecular weight excluding hydrogens is 464 g/mol. The second-order valence-electron chi connectivity index (χ2n) is 9.01. The van der Waals surface area contributed by atoms with Crippen molar-refractivity contribution in [1.82, 2.24) is 9.80 Å². The van der Waals surface area contributed by atoms with E-state index in [4.69, 9.17) is 9.88 Å². The summed E-state index contributed by atoms with van der Waals surface area (Å²) in [5, 5.41) is 5.67. The number of ether oxygens (including phenoxy) is 1. The summed E-state index contributed by atoms with van der Waals surface area (Å²) in [7, 11) is 1.39. The Kier molecular flexibility index (Phi) is 11.0. The molecule has 0 spiro atoms. The molecule has 0 saturated heterocycles. The minimum atomic E-state index is -4.19. The van der Waals surface area contributed by atoms with Crippen molar-refractivity contribution in [3.63, 3.8) is 0 Å². The molecule has 2 aromatic carbocycles. The van der Waals surface area contributed by atoms with Crippen LogP contribution in [0.4, 0.5) is 5.69 Å². The number of anilines is 1. The van der Waals surface area contributed by atoms with Crippen molar-refractivity contribution >= 4 is 21.6 Å². The van der Waals surface area contributed by atoms with Crippen molar-refractivity contribution in [1.29, 1.82) is 0 Å². The van der Waals surface area contributed by atoms with Crippen LogP contribution < -0.4 is 14.8 Å². The predicted octanol–water partition coefficient (Wildman–Crippen LogP) is 4.17. The molecule has 0 fully saturated rings. The minimum Gasteiger partial charge on any atom is -0.454 e. The van der Waals surface area contributed by atoms with Crippen LogP contribution in [0.15, 0.2) is 47.4 Å². The second-order valence-corrected chi connectivity index (χ2v) is 10.5. The van der Waals surface area contributed by atoms with Gasteiger partial charge in [-0.2, -0.15) is 0 Å². The van der Waals surface area contributed by atoms with Gasteiger partial charge in [-0.1, -0.05) is 44.9 Å². The van der Waals surface area contributed by atoms with Crippen LogP contribution in [0.25, 0.3) is 0 Å². The van der Waals surface area contributed by atoms with Crippen molar-refractivity contribution in [2.45, 2.75) is 44.4 Å². The Morgan fingerprint density at radius 1 is 0.914 bits per heavy atom. The predicted molar refractivity (Wildman–Crippen MR) is 142 cm³/mol. The maximum absolute atomic E-state index is 13.3. The lowest BCUT2D eigenvalue weighted by molar-refractivity contribution is 0.0786. The van der Waals surface area contributed by atoms with E-state index >= 15 is 0 Å². The van der Waals surface area contributed by atoms with Gasteiger partial charge in [0.05, 0.1) is 5.69 Å². The summed E-state index contributed by atoms with van der Waals surface area (Å²) in [5.41, 5.74) is 0.829. The smallest absolute Gasteiger partial charge is 0.253 e. The van der Waals surface area contributed by atoms with Gasteiger partial charge in [0, 0.05) is 38.8 Å². The van der Waals surface area contributed by atoms with Crippen molar-refractivity contribution in [3.05, 3.63) is 48.0 Å². The number of primary sulfonamides is 1. The molecule has 0 aromatic heterocycles. The van der Waals surface area contributed by atoms with Gasteiger partial charge in [0.1, 0.15) is 10.6 Å². The summed E-state index contributed by atoms with van der Waals surface area (Å²) >= 11 is 0. The number of nitrogens with two attached hydrogens (primary N) is 1. The molecule has 0 aliphatic heterocycles. The molecule has 194 valence electrons. The zero-order valence-corrected chi connectivity index (χ0v) is 22.5. The Balaban J connectivity index is 2.69. The Hall–Kier alpha value is -2.62. The lowest BCUT2D eigenvalue weighted by Crippen LogP contribution is -2.34. The standard InChI is InChI=1S/C26H40N4O4S/c1-6-8-15-30(16-9-7-2)23-19-21(26(31)29(5)18-17-28(3)4)20-24(35(27,32)33)25(23)34-22-13-11-10-12-14-22/h10-14,19-20H,6-9,15-18H2,1-5H3,(H2,27,32,33). The lowest BCUT2D eigenvalue weighted by atomic mass is 10.1. The van der Waals surface area contributed by atoms with Gasteiger partial charge < -0.3 is 19.4 Å². The molecule has 8 nitrogen and oxygen atoms in total. The molecule has 0 atom stereocenters. The topological polar surface area (TPSA) is 96.2 Å². The molecule has 0 aliphatic carbocycles. The first-order valence-corrected chi connectivity index (χ1v) is 13.7. The summed E-state index contributed by atoms with van der Waals surface area (Å²) < 4.78 is 31.7. The normalized spacial score (nSPS) is 11.5. The average molecular weight is 505 g/mol. The first kappa shape index (κ1) is 28.6. The van der Waals surface area contributed by atoms with Crippen molar-refractivity contribution in [3.8, 4) is 11.5 Å². The van der Waals surface area contributed by atoms with Crippen LogP contribution in [0.5, 0.6) is 11.5 Å². The SMILES string of the molecule is CCCCN(CCCC)c1cc(C(=O)N(C)CCN(C)C)cc(S(N)(=O)=O)c1Oc1ccccc1. The molecule has 2 N–H and O–H groups in total. The number of hydrogen-bond acceptors (Lipinski definition) is 6. The third-order valence-corrected chi connectivity index (χ3v) is 6.60. The van der Waals surface area contributed by atoms with Gasteiger partial charge in [-0.25, -0.2) is 13.6 Å². The molecule has 0 heterocycles. The highest BCUT2D eigenvalue weighted by Gasteiger charge is 2.27. The number of rotatable bonds is 14. The van der Waals surface area contributed by atoms with E-state index in [0.29, 0.717) is 37.6 Å². The molecule has 0 bridgehead atoms. The Labute approximate surface area is 210 Å². The van der Waals surface area contributed by atoms with Gasteiger partial charge >= 0.3 is 0 Å². The van der Waals surface area contributed by atoms with Crippen LogP contribution in [0.1, 0.15) is 49.9 Å². The summed E-state index contributed by atoms with van der Waals surface area (Å²) in [6.45, 7) is 6.82. The number of benzene rings is 2. The number of hydrogen-bond donors (Lipinski definition) is 1. The minimum absolute atomic E-state index is 0.151. The molecule has 9 heteroatoms.